The number of halogens is 3. The smallest absolute Gasteiger partial charge is 0.406 e. The van der Waals surface area contributed by atoms with Crippen LogP contribution in [0.15, 0.2) is 54.7 Å². The minimum Gasteiger partial charge on any atom is -0.406 e. The molecular formula is C20H16F3N3O3S. The molecule has 6 nitrogen and oxygen atoms in total. The van der Waals surface area contributed by atoms with Crippen molar-refractivity contribution < 1.29 is 27.5 Å². The van der Waals surface area contributed by atoms with Gasteiger partial charge in [0.2, 0.25) is 5.91 Å². The number of aromatic amines is 1. The quantitative estimate of drug-likeness (QED) is 0.644. The van der Waals surface area contributed by atoms with E-state index in [1.807, 2.05) is 24.3 Å². The highest BCUT2D eigenvalue weighted by atomic mass is 32.2. The third-order valence-electron chi connectivity index (χ3n) is 4.60. The molecule has 1 atom stereocenters. The molecule has 0 spiro atoms. The van der Waals surface area contributed by atoms with Crippen LogP contribution in [0.25, 0.3) is 10.9 Å². The average molecular weight is 435 g/mol. The summed E-state index contributed by atoms with van der Waals surface area (Å²) in [6, 6.07) is 11.6. The Bertz CT molecular complexity index is 1100. The van der Waals surface area contributed by atoms with Crippen molar-refractivity contribution in [3.63, 3.8) is 0 Å². The molecule has 1 unspecified atom stereocenters. The predicted molar refractivity (Wildman–Crippen MR) is 107 cm³/mol. The molecule has 1 saturated heterocycles. The van der Waals surface area contributed by atoms with Crippen LogP contribution in [0.1, 0.15) is 10.4 Å². The summed E-state index contributed by atoms with van der Waals surface area (Å²) in [5.74, 6) is -0.469. The number of para-hydroxylation sites is 1. The number of anilines is 1. The summed E-state index contributed by atoms with van der Waals surface area (Å²) in [7, 11) is 0. The molecule has 2 N–H and O–H groups in total. The predicted octanol–water partition coefficient (Wildman–Crippen LogP) is 4.22. The molecule has 2 heterocycles. The molecule has 3 aromatic rings. The second-order valence-corrected chi connectivity index (χ2v) is 7.60. The zero-order chi connectivity index (χ0) is 21.3. The zero-order valence-corrected chi connectivity index (χ0v) is 16.2. The summed E-state index contributed by atoms with van der Waals surface area (Å²) in [5, 5.41) is 3.34. The van der Waals surface area contributed by atoms with Crippen molar-refractivity contribution in [2.24, 2.45) is 0 Å². The highest BCUT2D eigenvalue weighted by Crippen LogP contribution is 2.28. The van der Waals surface area contributed by atoms with Crippen LogP contribution in [0.2, 0.25) is 0 Å². The van der Waals surface area contributed by atoms with E-state index in [0.717, 1.165) is 23.0 Å². The molecule has 1 aromatic heterocycles. The number of nitrogens with zero attached hydrogens (tertiary/aromatic N) is 1. The maximum absolute atomic E-state index is 13.1. The number of benzene rings is 2. The van der Waals surface area contributed by atoms with Crippen molar-refractivity contribution in [3.8, 4) is 5.75 Å². The van der Waals surface area contributed by atoms with Gasteiger partial charge in [-0.2, -0.15) is 0 Å². The summed E-state index contributed by atoms with van der Waals surface area (Å²) in [6.45, 7) is 0. The third kappa shape index (κ3) is 4.23. The maximum atomic E-state index is 13.1. The minimum absolute atomic E-state index is 0.151. The Morgan fingerprint density at radius 2 is 1.97 bits per heavy atom. The molecule has 4 rings (SSSR count). The van der Waals surface area contributed by atoms with Gasteiger partial charge < -0.3 is 19.9 Å². The Labute approximate surface area is 173 Å². The van der Waals surface area contributed by atoms with Gasteiger partial charge in [-0.25, -0.2) is 0 Å². The molecule has 0 aliphatic carbocycles. The topological polar surface area (TPSA) is 74.4 Å². The maximum Gasteiger partial charge on any atom is 0.573 e. The lowest BCUT2D eigenvalue weighted by molar-refractivity contribution is -0.274. The number of fused-ring (bicyclic) bond motifs is 1. The lowest BCUT2D eigenvalue weighted by Crippen LogP contribution is -2.44. The van der Waals surface area contributed by atoms with Gasteiger partial charge in [0.05, 0.1) is 11.4 Å². The Kier molecular flexibility index (Phi) is 5.33. The molecule has 10 heteroatoms. The second kappa shape index (κ2) is 7.94. The molecule has 1 aliphatic heterocycles. The van der Waals surface area contributed by atoms with Gasteiger partial charge in [-0.1, -0.05) is 24.3 Å². The van der Waals surface area contributed by atoms with Crippen LogP contribution in [0.3, 0.4) is 0 Å². The van der Waals surface area contributed by atoms with E-state index in [-0.39, 0.29) is 11.6 Å². The summed E-state index contributed by atoms with van der Waals surface area (Å²) in [4.78, 5) is 30.3. The van der Waals surface area contributed by atoms with E-state index in [9.17, 15) is 22.8 Å². The van der Waals surface area contributed by atoms with Gasteiger partial charge in [-0.05, 0) is 18.2 Å². The standard InChI is InChI=1S/C20H16F3N3O3S/c21-20(22,23)29-13-5-3-4-12(8-13)25-18(27)17-10-30-11-26(17)19(28)15-9-24-16-7-2-1-6-14(15)16/h1-9,17,24H,10-11H2,(H,25,27). The number of carbonyl (C=O) groups is 2. The zero-order valence-electron chi connectivity index (χ0n) is 15.4. The van der Waals surface area contributed by atoms with Crippen molar-refractivity contribution in [2.45, 2.75) is 12.4 Å². The second-order valence-electron chi connectivity index (χ2n) is 6.60. The van der Waals surface area contributed by atoms with E-state index in [1.165, 1.54) is 28.8 Å². The molecule has 30 heavy (non-hydrogen) atoms. The van der Waals surface area contributed by atoms with Gasteiger partial charge in [-0.3, -0.25) is 9.59 Å². The number of rotatable bonds is 4. The molecule has 1 aliphatic rings. The number of carbonyl (C=O) groups excluding carboxylic acids is 2. The molecule has 2 aromatic carbocycles. The first kappa shape index (κ1) is 20.1. The molecule has 2 amide bonds. The molecular weight excluding hydrogens is 419 g/mol. The molecule has 156 valence electrons. The van der Waals surface area contributed by atoms with E-state index in [2.05, 4.69) is 15.0 Å². The fraction of sp³-hybridized carbons (Fsp3) is 0.200. The lowest BCUT2D eigenvalue weighted by atomic mass is 10.1. The molecule has 0 saturated carbocycles. The van der Waals surface area contributed by atoms with Gasteiger partial charge in [-0.15, -0.1) is 24.9 Å². The van der Waals surface area contributed by atoms with Crippen LogP contribution in [0, 0.1) is 0 Å². The van der Waals surface area contributed by atoms with Crippen LogP contribution < -0.4 is 10.1 Å². The third-order valence-corrected chi connectivity index (χ3v) is 5.61. The average Bonchev–Trinajstić information content (AvgIpc) is 3.34. The molecule has 0 bridgehead atoms. The highest BCUT2D eigenvalue weighted by Gasteiger charge is 2.36. The van der Waals surface area contributed by atoms with Crippen molar-refractivity contribution in [1.82, 2.24) is 9.88 Å². The number of amides is 2. The Hall–Kier alpha value is -3.14. The van der Waals surface area contributed by atoms with Crippen LogP contribution in [-0.2, 0) is 4.79 Å². The number of hydrogen-bond donors (Lipinski definition) is 2. The van der Waals surface area contributed by atoms with E-state index >= 15 is 0 Å². The van der Waals surface area contributed by atoms with Gasteiger partial charge in [0.1, 0.15) is 11.8 Å². The first-order valence-corrected chi connectivity index (χ1v) is 10.1. The van der Waals surface area contributed by atoms with Crippen molar-refractivity contribution in [3.05, 3.63) is 60.3 Å². The normalized spacial score (nSPS) is 16.6. The number of hydrogen-bond acceptors (Lipinski definition) is 4. The number of ether oxygens (including phenoxy) is 1. The van der Waals surface area contributed by atoms with E-state index in [4.69, 9.17) is 0 Å². The summed E-state index contributed by atoms with van der Waals surface area (Å²) < 4.78 is 41.1. The number of aromatic nitrogens is 1. The van der Waals surface area contributed by atoms with Crippen molar-refractivity contribution in [1.29, 1.82) is 0 Å². The summed E-state index contributed by atoms with van der Waals surface area (Å²) in [6.07, 6.45) is -3.21. The van der Waals surface area contributed by atoms with Crippen LogP contribution in [0.5, 0.6) is 5.75 Å². The van der Waals surface area contributed by atoms with Crippen LogP contribution >= 0.6 is 11.8 Å². The first-order valence-electron chi connectivity index (χ1n) is 8.93. The first-order chi connectivity index (χ1) is 14.3. The minimum atomic E-state index is -4.83. The van der Waals surface area contributed by atoms with Gasteiger partial charge >= 0.3 is 6.36 Å². The van der Waals surface area contributed by atoms with Crippen molar-refractivity contribution >= 4 is 40.2 Å². The van der Waals surface area contributed by atoms with Crippen molar-refractivity contribution in [2.75, 3.05) is 16.9 Å². The Morgan fingerprint density at radius 3 is 2.77 bits per heavy atom. The van der Waals surface area contributed by atoms with Gasteiger partial charge in [0.25, 0.3) is 5.91 Å². The monoisotopic (exact) mass is 435 g/mol. The van der Waals surface area contributed by atoms with E-state index < -0.39 is 24.1 Å². The summed E-state index contributed by atoms with van der Waals surface area (Å²) >= 11 is 1.43. The number of H-pyrrole nitrogens is 1. The van der Waals surface area contributed by atoms with Crippen LogP contribution in [-0.4, -0.2) is 45.7 Å². The molecule has 0 radical (unpaired) electrons. The van der Waals surface area contributed by atoms with Gasteiger partial charge in [0, 0.05) is 34.6 Å². The number of nitrogens with one attached hydrogen (secondary N) is 2. The SMILES string of the molecule is O=C(Nc1cccc(OC(F)(F)F)c1)C1CSCN1C(=O)c1c[nH]c2ccccc12. The number of alkyl halides is 3. The largest absolute Gasteiger partial charge is 0.573 e. The number of thioether (sulfide) groups is 1. The Morgan fingerprint density at radius 1 is 1.17 bits per heavy atom. The fourth-order valence-corrected chi connectivity index (χ4v) is 4.41. The van der Waals surface area contributed by atoms with Crippen LogP contribution in [0.4, 0.5) is 18.9 Å². The lowest BCUT2D eigenvalue weighted by Gasteiger charge is -2.23. The highest BCUT2D eigenvalue weighted by molar-refractivity contribution is 7.99. The fourth-order valence-electron chi connectivity index (χ4n) is 3.26. The van der Waals surface area contributed by atoms with Gasteiger partial charge in [0.15, 0.2) is 0 Å². The summed E-state index contributed by atoms with van der Waals surface area (Å²) in [5.41, 5.74) is 1.43. The van der Waals surface area contributed by atoms with E-state index in [0.29, 0.717) is 17.2 Å². The Balaban J connectivity index is 1.50. The molecule has 1 fully saturated rings. The van der Waals surface area contributed by atoms with E-state index in [1.54, 1.807) is 6.20 Å².